The second-order valence-electron chi connectivity index (χ2n) is 3.49. The molecule has 0 heterocycles. The highest BCUT2D eigenvalue weighted by atomic mass is 19.1. The van der Waals surface area contributed by atoms with Crippen molar-refractivity contribution in [3.63, 3.8) is 0 Å². The Morgan fingerprint density at radius 1 is 1.35 bits per heavy atom. The van der Waals surface area contributed by atoms with Gasteiger partial charge in [-0.05, 0) is 13.0 Å². The van der Waals surface area contributed by atoms with Crippen LogP contribution in [0.15, 0.2) is 12.1 Å². The molecule has 0 aromatic heterocycles. The molecule has 0 radical (unpaired) electrons. The van der Waals surface area contributed by atoms with Gasteiger partial charge in [0.15, 0.2) is 11.5 Å². The maximum absolute atomic E-state index is 13.8. The van der Waals surface area contributed by atoms with Crippen LogP contribution in [-0.2, 0) is 0 Å². The summed E-state index contributed by atoms with van der Waals surface area (Å²) in [5.41, 5.74) is 0.443. The van der Waals surface area contributed by atoms with Crippen molar-refractivity contribution in [3.05, 3.63) is 23.5 Å². The number of hydrogen-bond acceptors (Lipinski definition) is 4. The Morgan fingerprint density at radius 3 is 2.47 bits per heavy atom. The van der Waals surface area contributed by atoms with Gasteiger partial charge < -0.3 is 9.47 Å². The van der Waals surface area contributed by atoms with Gasteiger partial charge in [0, 0.05) is 17.7 Å². The molecule has 0 saturated carbocycles. The molecule has 0 spiro atoms. The Kier molecular flexibility index (Phi) is 4.73. The smallest absolute Gasteiger partial charge is 0.163 e. The van der Waals surface area contributed by atoms with Crippen LogP contribution in [0.25, 0.3) is 0 Å². The highest BCUT2D eigenvalue weighted by Gasteiger charge is 2.15. The number of nitrogens with zero attached hydrogens (tertiary/aromatic N) is 1. The van der Waals surface area contributed by atoms with Crippen molar-refractivity contribution in [2.24, 2.45) is 0 Å². The third-order valence-corrected chi connectivity index (χ3v) is 2.46. The number of methoxy groups -OCH3 is 2. The van der Waals surface area contributed by atoms with Crippen LogP contribution >= 0.6 is 0 Å². The van der Waals surface area contributed by atoms with Crippen LogP contribution in [0, 0.1) is 17.1 Å². The summed E-state index contributed by atoms with van der Waals surface area (Å²) in [5.74, 6) is 0.427. The van der Waals surface area contributed by atoms with Gasteiger partial charge in [0.1, 0.15) is 5.82 Å². The molecule has 0 fully saturated rings. The molecule has 0 bridgehead atoms. The molecule has 0 amide bonds. The molecule has 4 nitrogen and oxygen atoms in total. The molecule has 0 aliphatic rings. The second-order valence-corrected chi connectivity index (χ2v) is 3.49. The molecule has 1 aromatic rings. The molecule has 1 atom stereocenters. The molecule has 1 aromatic carbocycles. The average molecular weight is 238 g/mol. The van der Waals surface area contributed by atoms with Gasteiger partial charge in [0.2, 0.25) is 0 Å². The number of ether oxygens (including phenoxy) is 2. The van der Waals surface area contributed by atoms with E-state index in [4.69, 9.17) is 14.7 Å². The fraction of sp³-hybridized carbons (Fsp3) is 0.417. The van der Waals surface area contributed by atoms with E-state index in [1.54, 1.807) is 13.0 Å². The number of benzene rings is 1. The zero-order chi connectivity index (χ0) is 12.8. The zero-order valence-corrected chi connectivity index (χ0v) is 10.1. The van der Waals surface area contributed by atoms with Crippen molar-refractivity contribution < 1.29 is 13.9 Å². The number of rotatable bonds is 5. The lowest BCUT2D eigenvalue weighted by Gasteiger charge is -2.16. The standard InChI is InChI=1S/C12H15FN2O2/c1-8(15-5-4-14)9-6-11(16-2)12(17-3)7-10(9)13/h6-8,15H,5H2,1-3H3. The summed E-state index contributed by atoms with van der Waals surface area (Å²) in [6.45, 7) is 1.94. The first-order valence-corrected chi connectivity index (χ1v) is 5.15. The number of nitrogens with one attached hydrogen (secondary N) is 1. The van der Waals surface area contributed by atoms with Crippen LogP contribution in [0.4, 0.5) is 4.39 Å². The summed E-state index contributed by atoms with van der Waals surface area (Å²) in [6.07, 6.45) is 0. The SMILES string of the molecule is COc1cc(F)c(C(C)NCC#N)cc1OC. The quantitative estimate of drug-likeness (QED) is 0.797. The molecule has 5 heteroatoms. The van der Waals surface area contributed by atoms with Crippen LogP contribution in [0.1, 0.15) is 18.5 Å². The van der Waals surface area contributed by atoms with Gasteiger partial charge in [0.05, 0.1) is 26.8 Å². The Morgan fingerprint density at radius 2 is 1.94 bits per heavy atom. The van der Waals surface area contributed by atoms with E-state index < -0.39 is 0 Å². The van der Waals surface area contributed by atoms with Gasteiger partial charge in [-0.25, -0.2) is 4.39 Å². The summed E-state index contributed by atoms with van der Waals surface area (Å²) < 4.78 is 23.9. The minimum atomic E-state index is -0.388. The van der Waals surface area contributed by atoms with Crippen LogP contribution in [0.3, 0.4) is 0 Å². The summed E-state index contributed by atoms with van der Waals surface area (Å²) in [5, 5.41) is 11.3. The van der Waals surface area contributed by atoms with Crippen molar-refractivity contribution in [2.45, 2.75) is 13.0 Å². The van der Waals surface area contributed by atoms with Crippen molar-refractivity contribution in [3.8, 4) is 17.6 Å². The number of hydrogen-bond donors (Lipinski definition) is 1. The molecule has 0 saturated heterocycles. The molecule has 1 rings (SSSR count). The number of halogens is 1. The van der Waals surface area contributed by atoms with Crippen LogP contribution in [0.2, 0.25) is 0 Å². The van der Waals surface area contributed by atoms with E-state index in [-0.39, 0.29) is 18.4 Å². The molecule has 0 aliphatic carbocycles. The van der Waals surface area contributed by atoms with Gasteiger partial charge in [-0.2, -0.15) is 5.26 Å². The van der Waals surface area contributed by atoms with Crippen molar-refractivity contribution in [2.75, 3.05) is 20.8 Å². The van der Waals surface area contributed by atoms with Crippen molar-refractivity contribution in [1.82, 2.24) is 5.32 Å². The zero-order valence-electron chi connectivity index (χ0n) is 10.1. The summed E-state index contributed by atoms with van der Waals surface area (Å²) in [6, 6.07) is 4.53. The molecular formula is C12H15FN2O2. The van der Waals surface area contributed by atoms with Gasteiger partial charge in [-0.3, -0.25) is 5.32 Å². The van der Waals surface area contributed by atoms with E-state index >= 15 is 0 Å². The summed E-state index contributed by atoms with van der Waals surface area (Å²) in [4.78, 5) is 0. The van der Waals surface area contributed by atoms with Gasteiger partial charge in [0.25, 0.3) is 0 Å². The molecular weight excluding hydrogens is 223 g/mol. The minimum absolute atomic E-state index is 0.162. The normalized spacial score (nSPS) is 11.7. The highest BCUT2D eigenvalue weighted by Crippen LogP contribution is 2.32. The average Bonchev–Trinajstić information content (AvgIpc) is 2.35. The van der Waals surface area contributed by atoms with Gasteiger partial charge in [-0.1, -0.05) is 0 Å². The van der Waals surface area contributed by atoms with Gasteiger partial charge in [-0.15, -0.1) is 0 Å². The van der Waals surface area contributed by atoms with Crippen LogP contribution in [-0.4, -0.2) is 20.8 Å². The Balaban J connectivity index is 3.04. The van der Waals surface area contributed by atoms with E-state index in [1.807, 2.05) is 6.07 Å². The van der Waals surface area contributed by atoms with E-state index in [0.29, 0.717) is 17.1 Å². The molecule has 1 unspecified atom stereocenters. The first-order valence-electron chi connectivity index (χ1n) is 5.15. The Labute approximate surface area is 100.0 Å². The van der Waals surface area contributed by atoms with E-state index in [2.05, 4.69) is 5.32 Å². The topological polar surface area (TPSA) is 54.3 Å². The third-order valence-electron chi connectivity index (χ3n) is 2.46. The van der Waals surface area contributed by atoms with Gasteiger partial charge >= 0.3 is 0 Å². The maximum Gasteiger partial charge on any atom is 0.163 e. The molecule has 0 aliphatic heterocycles. The fourth-order valence-electron chi connectivity index (χ4n) is 1.51. The summed E-state index contributed by atoms with van der Waals surface area (Å²) >= 11 is 0. The predicted octanol–water partition coefficient (Wildman–Crippen LogP) is 2.02. The maximum atomic E-state index is 13.8. The lowest BCUT2D eigenvalue weighted by atomic mass is 10.1. The fourth-order valence-corrected chi connectivity index (χ4v) is 1.51. The third kappa shape index (κ3) is 3.08. The summed E-state index contributed by atoms with van der Waals surface area (Å²) in [7, 11) is 2.95. The van der Waals surface area contributed by atoms with E-state index in [9.17, 15) is 4.39 Å². The molecule has 1 N–H and O–H groups in total. The molecule has 92 valence electrons. The lowest BCUT2D eigenvalue weighted by Crippen LogP contribution is -2.19. The minimum Gasteiger partial charge on any atom is -0.493 e. The predicted molar refractivity (Wildman–Crippen MR) is 61.5 cm³/mol. The number of nitriles is 1. The Hall–Kier alpha value is -1.80. The monoisotopic (exact) mass is 238 g/mol. The second kappa shape index (κ2) is 6.06. The Bertz CT molecular complexity index is 429. The lowest BCUT2D eigenvalue weighted by molar-refractivity contribution is 0.350. The van der Waals surface area contributed by atoms with Crippen LogP contribution in [0.5, 0.6) is 11.5 Å². The molecule has 17 heavy (non-hydrogen) atoms. The van der Waals surface area contributed by atoms with E-state index in [0.717, 1.165) is 0 Å². The van der Waals surface area contributed by atoms with Crippen molar-refractivity contribution >= 4 is 0 Å². The first kappa shape index (κ1) is 13.3. The highest BCUT2D eigenvalue weighted by molar-refractivity contribution is 5.44. The van der Waals surface area contributed by atoms with Crippen LogP contribution < -0.4 is 14.8 Å². The van der Waals surface area contributed by atoms with Crippen molar-refractivity contribution in [1.29, 1.82) is 5.26 Å². The van der Waals surface area contributed by atoms with E-state index in [1.165, 1.54) is 20.3 Å². The largest absolute Gasteiger partial charge is 0.493 e. The first-order chi connectivity index (χ1) is 8.13.